The van der Waals surface area contributed by atoms with Gasteiger partial charge in [-0.25, -0.2) is 4.98 Å². The largest absolute Gasteiger partial charge is 0.343 e. The highest BCUT2D eigenvalue weighted by Crippen LogP contribution is 2.21. The summed E-state index contributed by atoms with van der Waals surface area (Å²) in [4.78, 5) is 12.1. The van der Waals surface area contributed by atoms with Crippen molar-refractivity contribution in [3.63, 3.8) is 0 Å². The number of fused-ring (bicyclic) bond motifs is 1. The minimum Gasteiger partial charge on any atom is -0.343 e. The van der Waals surface area contributed by atoms with Crippen molar-refractivity contribution < 1.29 is 0 Å². The van der Waals surface area contributed by atoms with Gasteiger partial charge in [-0.15, -0.1) is 0 Å². The maximum absolute atomic E-state index is 5.28. The molecule has 0 amide bonds. The Bertz CT molecular complexity index is 821. The Labute approximate surface area is 116 Å². The van der Waals surface area contributed by atoms with Gasteiger partial charge in [0.05, 0.1) is 5.52 Å². The van der Waals surface area contributed by atoms with Crippen molar-refractivity contribution in [1.29, 1.82) is 0 Å². The Morgan fingerprint density at radius 1 is 1.16 bits per heavy atom. The van der Waals surface area contributed by atoms with Gasteiger partial charge in [0.25, 0.3) is 0 Å². The molecule has 0 unspecified atom stereocenters. The summed E-state index contributed by atoms with van der Waals surface area (Å²) in [7, 11) is 0. The molecule has 0 spiro atoms. The minimum atomic E-state index is 0.650. The maximum atomic E-state index is 5.28. The van der Waals surface area contributed by atoms with Crippen molar-refractivity contribution in [2.45, 2.75) is 13.8 Å². The third kappa shape index (κ3) is 2.15. The number of nitrogens with one attached hydrogen (secondary N) is 1. The van der Waals surface area contributed by atoms with E-state index in [1.165, 1.54) is 0 Å². The van der Waals surface area contributed by atoms with Gasteiger partial charge in [-0.05, 0) is 38.1 Å². The molecule has 2 aromatic heterocycles. The Morgan fingerprint density at radius 3 is 2.79 bits per heavy atom. The highest BCUT2D eigenvalue weighted by atomic mass is 32.1. The topological polar surface area (TPSA) is 41.6 Å². The molecule has 4 heteroatoms. The van der Waals surface area contributed by atoms with Crippen LogP contribution in [0, 0.1) is 18.5 Å². The summed E-state index contributed by atoms with van der Waals surface area (Å²) >= 11 is 5.28. The Hall–Kier alpha value is -2.07. The molecule has 94 valence electrons. The van der Waals surface area contributed by atoms with Gasteiger partial charge in [-0.2, -0.15) is 0 Å². The van der Waals surface area contributed by atoms with E-state index >= 15 is 0 Å². The lowest BCUT2D eigenvalue weighted by molar-refractivity contribution is 1.06. The standard InChI is InChI=1S/C15H13N3S/c1-9-10(2)17-14(18-15(9)19)12-5-6-13-11(8-12)4-3-7-16-13/h3-8H,1-2H3,(H,17,18,19). The van der Waals surface area contributed by atoms with Crippen LogP contribution >= 0.6 is 12.2 Å². The van der Waals surface area contributed by atoms with Gasteiger partial charge in [0, 0.05) is 28.4 Å². The van der Waals surface area contributed by atoms with E-state index in [2.05, 4.69) is 21.0 Å². The van der Waals surface area contributed by atoms with E-state index in [1.807, 2.05) is 38.1 Å². The normalized spacial score (nSPS) is 10.8. The number of pyridine rings is 1. The third-order valence-corrected chi connectivity index (χ3v) is 3.68. The molecule has 0 radical (unpaired) electrons. The zero-order valence-electron chi connectivity index (χ0n) is 10.8. The van der Waals surface area contributed by atoms with Crippen LogP contribution < -0.4 is 0 Å². The Morgan fingerprint density at radius 2 is 2.00 bits per heavy atom. The highest BCUT2D eigenvalue weighted by molar-refractivity contribution is 7.71. The first-order valence-corrected chi connectivity index (χ1v) is 6.48. The van der Waals surface area contributed by atoms with Crippen LogP contribution in [0.25, 0.3) is 22.3 Å². The van der Waals surface area contributed by atoms with Gasteiger partial charge in [-0.3, -0.25) is 4.98 Å². The predicted octanol–water partition coefficient (Wildman–Crippen LogP) is 3.97. The SMILES string of the molecule is Cc1[nH]c(-c2ccc3ncccc3c2)nc(=S)c1C. The fourth-order valence-corrected chi connectivity index (χ4v) is 2.25. The van der Waals surface area contributed by atoms with E-state index in [1.54, 1.807) is 6.20 Å². The van der Waals surface area contributed by atoms with E-state index in [-0.39, 0.29) is 0 Å². The second-order valence-electron chi connectivity index (χ2n) is 4.55. The predicted molar refractivity (Wildman–Crippen MR) is 79.6 cm³/mol. The van der Waals surface area contributed by atoms with Crippen LogP contribution in [-0.4, -0.2) is 15.0 Å². The molecule has 3 nitrogen and oxygen atoms in total. The summed E-state index contributed by atoms with van der Waals surface area (Å²) in [6, 6.07) is 10.1. The fourth-order valence-electron chi connectivity index (χ4n) is 2.00. The van der Waals surface area contributed by atoms with Crippen molar-refractivity contribution in [2.24, 2.45) is 0 Å². The van der Waals surface area contributed by atoms with Crippen molar-refractivity contribution >= 4 is 23.1 Å². The number of aromatic nitrogens is 3. The van der Waals surface area contributed by atoms with E-state index in [0.29, 0.717) is 4.64 Å². The number of rotatable bonds is 1. The number of aromatic amines is 1. The van der Waals surface area contributed by atoms with E-state index < -0.39 is 0 Å². The summed E-state index contributed by atoms with van der Waals surface area (Å²) in [5.41, 5.74) is 4.09. The maximum Gasteiger partial charge on any atom is 0.139 e. The molecule has 1 N–H and O–H groups in total. The first-order valence-electron chi connectivity index (χ1n) is 6.08. The smallest absolute Gasteiger partial charge is 0.139 e. The average Bonchev–Trinajstić information content (AvgIpc) is 2.43. The van der Waals surface area contributed by atoms with Crippen molar-refractivity contribution in [1.82, 2.24) is 15.0 Å². The van der Waals surface area contributed by atoms with Crippen LogP contribution in [0.5, 0.6) is 0 Å². The molecular formula is C15H13N3S. The molecule has 1 aromatic carbocycles. The zero-order valence-corrected chi connectivity index (χ0v) is 11.6. The summed E-state index contributed by atoms with van der Waals surface area (Å²) in [6.45, 7) is 3.99. The van der Waals surface area contributed by atoms with Crippen LogP contribution in [0.15, 0.2) is 36.5 Å². The Balaban J connectivity index is 2.22. The third-order valence-electron chi connectivity index (χ3n) is 3.28. The number of benzene rings is 1. The average molecular weight is 267 g/mol. The fraction of sp³-hybridized carbons (Fsp3) is 0.133. The minimum absolute atomic E-state index is 0.650. The first kappa shape index (κ1) is 12.0. The number of nitrogens with zero attached hydrogens (tertiary/aromatic N) is 2. The quantitative estimate of drug-likeness (QED) is 0.678. The summed E-state index contributed by atoms with van der Waals surface area (Å²) < 4.78 is 0.650. The number of hydrogen-bond donors (Lipinski definition) is 1. The van der Waals surface area contributed by atoms with Gasteiger partial charge in [0.15, 0.2) is 0 Å². The van der Waals surface area contributed by atoms with Crippen molar-refractivity contribution in [3.8, 4) is 11.4 Å². The molecule has 0 bridgehead atoms. The second-order valence-corrected chi connectivity index (χ2v) is 4.94. The van der Waals surface area contributed by atoms with Crippen LogP contribution in [0.1, 0.15) is 11.3 Å². The molecule has 0 aliphatic rings. The first-order chi connectivity index (χ1) is 9.15. The van der Waals surface area contributed by atoms with E-state index in [9.17, 15) is 0 Å². The second kappa shape index (κ2) is 4.55. The molecule has 0 saturated carbocycles. The number of H-pyrrole nitrogens is 1. The highest BCUT2D eigenvalue weighted by Gasteiger charge is 2.05. The van der Waals surface area contributed by atoms with E-state index in [4.69, 9.17) is 12.2 Å². The van der Waals surface area contributed by atoms with Crippen LogP contribution in [0.2, 0.25) is 0 Å². The summed E-state index contributed by atoms with van der Waals surface area (Å²) in [6.07, 6.45) is 1.80. The molecule has 0 atom stereocenters. The summed E-state index contributed by atoms with van der Waals surface area (Å²) in [5.74, 6) is 0.804. The zero-order chi connectivity index (χ0) is 13.4. The lowest BCUT2D eigenvalue weighted by Crippen LogP contribution is -1.96. The van der Waals surface area contributed by atoms with Gasteiger partial charge in [0.1, 0.15) is 10.5 Å². The van der Waals surface area contributed by atoms with Crippen LogP contribution in [0.4, 0.5) is 0 Å². The molecule has 0 aliphatic heterocycles. The molecule has 19 heavy (non-hydrogen) atoms. The molecule has 0 aliphatic carbocycles. The summed E-state index contributed by atoms with van der Waals surface area (Å²) in [5, 5.41) is 1.10. The van der Waals surface area contributed by atoms with Crippen molar-refractivity contribution in [3.05, 3.63) is 52.4 Å². The molecule has 3 rings (SSSR count). The monoisotopic (exact) mass is 267 g/mol. The molecule has 3 aromatic rings. The Kier molecular flexibility index (Phi) is 2.87. The molecule has 0 saturated heterocycles. The van der Waals surface area contributed by atoms with E-state index in [0.717, 1.165) is 33.5 Å². The van der Waals surface area contributed by atoms with Crippen LogP contribution in [-0.2, 0) is 0 Å². The lowest BCUT2D eigenvalue weighted by Gasteiger charge is -2.06. The molecule has 2 heterocycles. The lowest BCUT2D eigenvalue weighted by atomic mass is 10.1. The van der Waals surface area contributed by atoms with Crippen LogP contribution in [0.3, 0.4) is 0 Å². The molecule has 0 fully saturated rings. The van der Waals surface area contributed by atoms with Gasteiger partial charge >= 0.3 is 0 Å². The number of hydrogen-bond acceptors (Lipinski definition) is 3. The number of aryl methyl sites for hydroxylation is 1. The van der Waals surface area contributed by atoms with Gasteiger partial charge < -0.3 is 4.98 Å². The molecular weight excluding hydrogens is 254 g/mol. The van der Waals surface area contributed by atoms with Gasteiger partial charge in [-0.1, -0.05) is 18.3 Å². The van der Waals surface area contributed by atoms with Crippen molar-refractivity contribution in [2.75, 3.05) is 0 Å². The van der Waals surface area contributed by atoms with Gasteiger partial charge in [0.2, 0.25) is 0 Å².